The Labute approximate surface area is 118 Å². The molecule has 0 saturated carbocycles. The van der Waals surface area contributed by atoms with Crippen LogP contribution >= 0.6 is 0 Å². The van der Waals surface area contributed by atoms with E-state index < -0.39 is 0 Å². The van der Waals surface area contributed by atoms with E-state index in [1.165, 1.54) is 11.1 Å². The average Bonchev–Trinajstić information content (AvgIpc) is 2.39. The van der Waals surface area contributed by atoms with Crippen LogP contribution in [0.5, 0.6) is 0 Å². The van der Waals surface area contributed by atoms with Gasteiger partial charge in [0.05, 0.1) is 12.2 Å². The number of hydrogen-bond acceptors (Lipinski definition) is 1. The van der Waals surface area contributed by atoms with Crippen LogP contribution in [0.4, 0.5) is 0 Å². The molecule has 0 heterocycles. The zero-order valence-corrected chi connectivity index (χ0v) is 12.5. The maximum Gasteiger partial charge on any atom is 0.0834 e. The van der Waals surface area contributed by atoms with E-state index in [2.05, 4.69) is 57.7 Å². The van der Waals surface area contributed by atoms with E-state index in [1.807, 2.05) is 12.1 Å². The van der Waals surface area contributed by atoms with Crippen molar-refractivity contribution in [2.75, 3.05) is 6.61 Å². The van der Waals surface area contributed by atoms with E-state index in [0.29, 0.717) is 0 Å². The lowest BCUT2D eigenvalue weighted by Crippen LogP contribution is -2.26. The second-order valence-electron chi connectivity index (χ2n) is 5.42. The summed E-state index contributed by atoms with van der Waals surface area (Å²) in [5, 5.41) is 0. The molecule has 0 bridgehead atoms. The van der Waals surface area contributed by atoms with Crippen LogP contribution in [0.1, 0.15) is 39.2 Å². The first-order chi connectivity index (χ1) is 9.06. The summed E-state index contributed by atoms with van der Waals surface area (Å²) in [5.41, 5.74) is 2.45. The van der Waals surface area contributed by atoms with Crippen LogP contribution in [0.15, 0.2) is 54.6 Å². The minimum absolute atomic E-state index is 0.221. The minimum atomic E-state index is -0.221. The van der Waals surface area contributed by atoms with Crippen molar-refractivity contribution in [3.8, 4) is 0 Å². The van der Waals surface area contributed by atoms with Crippen LogP contribution in [0.2, 0.25) is 0 Å². The minimum Gasteiger partial charge on any atom is -0.371 e. The highest BCUT2D eigenvalue weighted by Gasteiger charge is 2.19. The molecule has 0 aliphatic carbocycles. The van der Waals surface area contributed by atoms with Gasteiger partial charge in [0.15, 0.2) is 0 Å². The van der Waals surface area contributed by atoms with E-state index in [4.69, 9.17) is 4.74 Å². The first kappa shape index (κ1) is 15.7. The molecule has 1 unspecified atom stereocenters. The molecule has 1 atom stereocenters. The zero-order chi connectivity index (χ0) is 14.1. The highest BCUT2D eigenvalue weighted by atomic mass is 16.5. The molecule has 1 heteroatoms. The molecule has 1 nitrogen and oxygen atoms in total. The van der Waals surface area contributed by atoms with E-state index in [0.717, 1.165) is 25.9 Å². The molecule has 0 saturated heterocycles. The van der Waals surface area contributed by atoms with Crippen LogP contribution in [-0.2, 0) is 11.2 Å². The number of ether oxygens (including phenoxy) is 1. The largest absolute Gasteiger partial charge is 0.371 e. The first-order valence-corrected chi connectivity index (χ1v) is 7.00. The van der Waals surface area contributed by atoms with Gasteiger partial charge in [-0.3, -0.25) is 0 Å². The summed E-state index contributed by atoms with van der Waals surface area (Å²) >= 11 is 0. The van der Waals surface area contributed by atoms with Crippen molar-refractivity contribution in [2.24, 2.45) is 0 Å². The van der Waals surface area contributed by atoms with Crippen molar-refractivity contribution in [3.05, 3.63) is 60.2 Å². The summed E-state index contributed by atoms with van der Waals surface area (Å²) in [5.74, 6) is 0. The summed E-state index contributed by atoms with van der Waals surface area (Å²) in [6, 6.07) is 10.4. The Balaban J connectivity index is 2.39. The summed E-state index contributed by atoms with van der Waals surface area (Å²) in [4.78, 5) is 0. The third-order valence-corrected chi connectivity index (χ3v) is 3.29. The third kappa shape index (κ3) is 6.40. The van der Waals surface area contributed by atoms with Gasteiger partial charge in [0.2, 0.25) is 0 Å². The Hall–Kier alpha value is -1.34. The van der Waals surface area contributed by atoms with Gasteiger partial charge in [-0.05, 0) is 45.6 Å². The number of hydrogen-bond donors (Lipinski definition) is 0. The summed E-state index contributed by atoms with van der Waals surface area (Å²) < 4.78 is 6.02. The van der Waals surface area contributed by atoms with Gasteiger partial charge in [-0.25, -0.2) is 0 Å². The molecule has 0 aromatic heterocycles. The van der Waals surface area contributed by atoms with Gasteiger partial charge in [0, 0.05) is 0 Å². The third-order valence-electron chi connectivity index (χ3n) is 3.29. The lowest BCUT2D eigenvalue weighted by atomic mass is 9.99. The quantitative estimate of drug-likeness (QED) is 0.600. The van der Waals surface area contributed by atoms with E-state index in [-0.39, 0.29) is 5.60 Å². The van der Waals surface area contributed by atoms with Crippen LogP contribution in [-0.4, -0.2) is 12.2 Å². The molecule has 0 amide bonds. The second-order valence-corrected chi connectivity index (χ2v) is 5.42. The Morgan fingerprint density at radius 2 is 1.95 bits per heavy atom. The molecule has 19 heavy (non-hydrogen) atoms. The molecule has 0 spiro atoms. The maximum atomic E-state index is 6.02. The Bertz CT molecular complexity index is 401. The van der Waals surface area contributed by atoms with Crippen molar-refractivity contribution in [3.63, 3.8) is 0 Å². The van der Waals surface area contributed by atoms with Gasteiger partial charge >= 0.3 is 0 Å². The number of allylic oxidation sites excluding steroid dienone is 2. The molecule has 0 N–H and O–H groups in total. The van der Waals surface area contributed by atoms with Crippen molar-refractivity contribution in [1.29, 1.82) is 0 Å². The lowest BCUT2D eigenvalue weighted by molar-refractivity contribution is 0.00215. The summed E-state index contributed by atoms with van der Waals surface area (Å²) in [6.07, 6.45) is 7.15. The SMILES string of the molecule is C=CC(C)(CCC=C(C)C)OCCc1ccccc1. The highest BCUT2D eigenvalue weighted by Crippen LogP contribution is 2.20. The Morgan fingerprint density at radius 1 is 1.26 bits per heavy atom. The normalized spacial score (nSPS) is 13.6. The molecule has 0 aliphatic rings. The molecule has 0 aliphatic heterocycles. The topological polar surface area (TPSA) is 9.23 Å². The maximum absolute atomic E-state index is 6.02. The van der Waals surface area contributed by atoms with Gasteiger partial charge in [-0.2, -0.15) is 0 Å². The standard InChI is InChI=1S/C18H26O/c1-5-18(4,14-9-10-16(2)3)19-15-13-17-11-7-6-8-12-17/h5-8,10-12H,1,9,13-15H2,2-4H3. The highest BCUT2D eigenvalue weighted by molar-refractivity contribution is 5.14. The molecular weight excluding hydrogens is 232 g/mol. The molecular formula is C18H26O. The number of rotatable bonds is 8. The van der Waals surface area contributed by atoms with E-state index in [9.17, 15) is 0 Å². The van der Waals surface area contributed by atoms with Gasteiger partial charge in [0.25, 0.3) is 0 Å². The van der Waals surface area contributed by atoms with E-state index in [1.54, 1.807) is 0 Å². The van der Waals surface area contributed by atoms with Gasteiger partial charge in [-0.15, -0.1) is 6.58 Å². The van der Waals surface area contributed by atoms with Crippen LogP contribution in [0.3, 0.4) is 0 Å². The molecule has 1 rings (SSSR count). The van der Waals surface area contributed by atoms with Gasteiger partial charge < -0.3 is 4.74 Å². The lowest BCUT2D eigenvalue weighted by Gasteiger charge is -2.26. The van der Waals surface area contributed by atoms with E-state index >= 15 is 0 Å². The van der Waals surface area contributed by atoms with Crippen molar-refractivity contribution in [2.45, 2.75) is 45.6 Å². The molecule has 1 aromatic carbocycles. The van der Waals surface area contributed by atoms with Gasteiger partial charge in [0.1, 0.15) is 0 Å². The Kier molecular flexibility index (Phi) is 6.58. The second kappa shape index (κ2) is 7.96. The van der Waals surface area contributed by atoms with Gasteiger partial charge in [-0.1, -0.05) is 48.1 Å². The van der Waals surface area contributed by atoms with Crippen molar-refractivity contribution in [1.82, 2.24) is 0 Å². The fraction of sp³-hybridized carbons (Fsp3) is 0.444. The molecule has 0 radical (unpaired) electrons. The predicted octanol–water partition coefficient (Wildman–Crippen LogP) is 4.94. The fourth-order valence-corrected chi connectivity index (χ4v) is 1.93. The predicted molar refractivity (Wildman–Crippen MR) is 83.4 cm³/mol. The smallest absolute Gasteiger partial charge is 0.0834 e. The van der Waals surface area contributed by atoms with Crippen molar-refractivity contribution >= 4 is 0 Å². The average molecular weight is 258 g/mol. The fourth-order valence-electron chi connectivity index (χ4n) is 1.93. The number of benzene rings is 1. The van der Waals surface area contributed by atoms with Crippen LogP contribution < -0.4 is 0 Å². The van der Waals surface area contributed by atoms with Crippen LogP contribution in [0.25, 0.3) is 0 Å². The molecule has 104 valence electrons. The Morgan fingerprint density at radius 3 is 2.53 bits per heavy atom. The van der Waals surface area contributed by atoms with Crippen molar-refractivity contribution < 1.29 is 4.74 Å². The summed E-state index contributed by atoms with van der Waals surface area (Å²) in [6.45, 7) is 11.0. The summed E-state index contributed by atoms with van der Waals surface area (Å²) in [7, 11) is 0. The van der Waals surface area contributed by atoms with Crippen LogP contribution in [0, 0.1) is 0 Å². The monoisotopic (exact) mass is 258 g/mol. The zero-order valence-electron chi connectivity index (χ0n) is 12.5. The molecule has 1 aromatic rings. The molecule has 0 fully saturated rings. The first-order valence-electron chi connectivity index (χ1n) is 7.00.